The van der Waals surface area contributed by atoms with Crippen LogP contribution in [0.4, 0.5) is 15.8 Å². The maximum Gasteiger partial charge on any atom is 0.342 e. The molecule has 0 fully saturated rings. The lowest BCUT2D eigenvalue weighted by Crippen LogP contribution is -2.35. The molecule has 28 heavy (non-hydrogen) atoms. The lowest BCUT2D eigenvalue weighted by atomic mass is 10.2. The first-order valence-electron chi connectivity index (χ1n) is 7.92. The van der Waals surface area contributed by atoms with Crippen LogP contribution in [-0.4, -0.2) is 38.0 Å². The van der Waals surface area contributed by atoms with Crippen LogP contribution in [0.25, 0.3) is 0 Å². The van der Waals surface area contributed by atoms with Gasteiger partial charge in [-0.2, -0.15) is 0 Å². The highest BCUT2D eigenvalue weighted by Gasteiger charge is 2.18. The Hall–Kier alpha value is -3.33. The molecule has 2 amide bonds. The van der Waals surface area contributed by atoms with E-state index < -0.39 is 30.2 Å². The quantitative estimate of drug-likeness (QED) is 0.475. The van der Waals surface area contributed by atoms with Crippen LogP contribution in [0.2, 0.25) is 5.02 Å². The highest BCUT2D eigenvalue weighted by molar-refractivity contribution is 6.33. The minimum Gasteiger partial charge on any atom is -0.496 e. The van der Waals surface area contributed by atoms with Crippen LogP contribution in [-0.2, 0) is 14.3 Å². The van der Waals surface area contributed by atoms with Crippen molar-refractivity contribution < 1.29 is 28.2 Å². The highest BCUT2D eigenvalue weighted by Crippen LogP contribution is 2.29. The fraction of sp³-hybridized carbons (Fsp3) is 0.167. The predicted octanol–water partition coefficient (Wildman–Crippen LogP) is 1.98. The maximum atomic E-state index is 12.8. The molecule has 0 atom stereocenters. The average molecular weight is 410 g/mol. The van der Waals surface area contributed by atoms with E-state index in [1.165, 1.54) is 43.5 Å². The van der Waals surface area contributed by atoms with Crippen molar-refractivity contribution in [2.75, 3.05) is 31.3 Å². The minimum absolute atomic E-state index is 0.00329. The van der Waals surface area contributed by atoms with E-state index in [0.29, 0.717) is 5.69 Å². The van der Waals surface area contributed by atoms with Gasteiger partial charge in [0.15, 0.2) is 6.61 Å². The van der Waals surface area contributed by atoms with Gasteiger partial charge in [0.2, 0.25) is 5.91 Å². The first-order valence-corrected chi connectivity index (χ1v) is 8.30. The Morgan fingerprint density at radius 2 is 1.82 bits per heavy atom. The van der Waals surface area contributed by atoms with Crippen LogP contribution < -0.4 is 21.1 Å². The number of carbonyl (C=O) groups is 3. The van der Waals surface area contributed by atoms with Crippen LogP contribution in [0.5, 0.6) is 5.75 Å². The smallest absolute Gasteiger partial charge is 0.342 e. The van der Waals surface area contributed by atoms with Gasteiger partial charge >= 0.3 is 5.97 Å². The molecule has 0 unspecified atom stereocenters. The summed E-state index contributed by atoms with van der Waals surface area (Å²) in [4.78, 5) is 35.6. The molecule has 0 heterocycles. The summed E-state index contributed by atoms with van der Waals surface area (Å²) in [6.07, 6.45) is 0. The van der Waals surface area contributed by atoms with Gasteiger partial charge in [-0.25, -0.2) is 9.18 Å². The second-order valence-electron chi connectivity index (χ2n) is 5.48. The first kappa shape index (κ1) is 21.0. The number of nitrogen functional groups attached to an aromatic ring is 1. The molecule has 0 aliphatic heterocycles. The lowest BCUT2D eigenvalue weighted by molar-refractivity contribution is -0.126. The normalized spacial score (nSPS) is 10.1. The van der Waals surface area contributed by atoms with Gasteiger partial charge in [0.05, 0.1) is 24.4 Å². The Kier molecular flexibility index (Phi) is 7.16. The molecule has 2 aromatic rings. The predicted molar refractivity (Wildman–Crippen MR) is 101 cm³/mol. The number of hydrogen-bond donors (Lipinski definition) is 3. The Balaban J connectivity index is 1.82. The molecule has 0 spiro atoms. The van der Waals surface area contributed by atoms with Crippen molar-refractivity contribution in [3.63, 3.8) is 0 Å². The monoisotopic (exact) mass is 409 g/mol. The summed E-state index contributed by atoms with van der Waals surface area (Å²) >= 11 is 5.88. The maximum absolute atomic E-state index is 12.8. The Morgan fingerprint density at radius 1 is 1.14 bits per heavy atom. The fourth-order valence-electron chi connectivity index (χ4n) is 2.07. The molecule has 0 aromatic heterocycles. The summed E-state index contributed by atoms with van der Waals surface area (Å²) in [5.41, 5.74) is 6.23. The van der Waals surface area contributed by atoms with E-state index in [2.05, 4.69) is 10.6 Å². The zero-order chi connectivity index (χ0) is 20.7. The lowest BCUT2D eigenvalue weighted by Gasteiger charge is -2.11. The number of hydrogen-bond acceptors (Lipinski definition) is 6. The molecule has 2 rings (SSSR count). The molecule has 0 bridgehead atoms. The number of methoxy groups -OCH3 is 1. The molecular formula is C18H17ClFN3O5. The van der Waals surface area contributed by atoms with Crippen molar-refractivity contribution in [1.82, 2.24) is 5.32 Å². The number of carbonyl (C=O) groups excluding carboxylic acids is 3. The number of nitrogens with two attached hydrogens (primary N) is 1. The van der Waals surface area contributed by atoms with Gasteiger partial charge in [0.1, 0.15) is 17.1 Å². The van der Waals surface area contributed by atoms with Crippen LogP contribution in [0.15, 0.2) is 36.4 Å². The number of amides is 2. The summed E-state index contributed by atoms with van der Waals surface area (Å²) in [5.74, 6) is -2.36. The van der Waals surface area contributed by atoms with Gasteiger partial charge in [-0.15, -0.1) is 0 Å². The molecule has 4 N–H and O–H groups in total. The molecule has 0 saturated carbocycles. The summed E-state index contributed by atoms with van der Waals surface area (Å²) in [6, 6.07) is 7.76. The molecule has 0 aliphatic carbocycles. The van der Waals surface area contributed by atoms with E-state index in [1.807, 2.05) is 0 Å². The van der Waals surface area contributed by atoms with Gasteiger partial charge in [-0.1, -0.05) is 11.6 Å². The van der Waals surface area contributed by atoms with E-state index in [-0.39, 0.29) is 28.6 Å². The standard InChI is InChI=1S/C18H17ClFN3O5/c1-27-15-7-14(21)13(19)6-12(15)18(26)28-9-17(25)22-8-16(24)23-11-4-2-10(20)3-5-11/h2-7H,8-9,21H2,1H3,(H,22,25)(H,23,24). The number of anilines is 2. The van der Waals surface area contributed by atoms with Crippen LogP contribution in [0.3, 0.4) is 0 Å². The summed E-state index contributed by atoms with van der Waals surface area (Å²) in [7, 11) is 1.34. The van der Waals surface area contributed by atoms with Crippen LogP contribution >= 0.6 is 11.6 Å². The summed E-state index contributed by atoms with van der Waals surface area (Å²) < 4.78 is 22.7. The zero-order valence-electron chi connectivity index (χ0n) is 14.8. The molecular weight excluding hydrogens is 393 g/mol. The van der Waals surface area contributed by atoms with Crippen molar-refractivity contribution in [2.45, 2.75) is 0 Å². The van der Waals surface area contributed by atoms with E-state index in [9.17, 15) is 18.8 Å². The van der Waals surface area contributed by atoms with Crippen LogP contribution in [0, 0.1) is 5.82 Å². The van der Waals surface area contributed by atoms with Gasteiger partial charge in [0, 0.05) is 11.8 Å². The molecule has 148 valence electrons. The van der Waals surface area contributed by atoms with E-state index >= 15 is 0 Å². The molecule has 8 nitrogen and oxygen atoms in total. The zero-order valence-corrected chi connectivity index (χ0v) is 15.5. The van der Waals surface area contributed by atoms with Gasteiger partial charge in [-0.3, -0.25) is 9.59 Å². The van der Waals surface area contributed by atoms with E-state index in [1.54, 1.807) is 0 Å². The molecule has 10 heteroatoms. The molecule has 0 radical (unpaired) electrons. The topological polar surface area (TPSA) is 120 Å². The number of nitrogens with one attached hydrogen (secondary N) is 2. The highest BCUT2D eigenvalue weighted by atomic mass is 35.5. The SMILES string of the molecule is COc1cc(N)c(Cl)cc1C(=O)OCC(=O)NCC(=O)Nc1ccc(F)cc1. The third kappa shape index (κ3) is 5.85. The Bertz CT molecular complexity index is 890. The first-order chi connectivity index (χ1) is 13.3. The average Bonchev–Trinajstić information content (AvgIpc) is 2.68. The number of rotatable bonds is 7. The van der Waals surface area contributed by atoms with Gasteiger partial charge < -0.3 is 25.8 Å². The van der Waals surface area contributed by atoms with E-state index in [4.69, 9.17) is 26.8 Å². The van der Waals surface area contributed by atoms with Crippen molar-refractivity contribution in [3.8, 4) is 5.75 Å². The fourth-order valence-corrected chi connectivity index (χ4v) is 2.24. The Morgan fingerprint density at radius 3 is 2.46 bits per heavy atom. The number of benzene rings is 2. The third-order valence-electron chi connectivity index (χ3n) is 3.45. The molecule has 0 saturated heterocycles. The third-order valence-corrected chi connectivity index (χ3v) is 3.77. The second-order valence-corrected chi connectivity index (χ2v) is 5.89. The number of esters is 1. The van der Waals surface area contributed by atoms with Crippen LogP contribution in [0.1, 0.15) is 10.4 Å². The van der Waals surface area contributed by atoms with Crippen molar-refractivity contribution in [3.05, 3.63) is 52.8 Å². The molecule has 0 aliphatic rings. The second kappa shape index (κ2) is 9.56. The molecule has 2 aromatic carbocycles. The number of ether oxygens (including phenoxy) is 2. The van der Waals surface area contributed by atoms with Gasteiger partial charge in [0.25, 0.3) is 5.91 Å². The minimum atomic E-state index is -0.843. The Labute approximate surface area is 164 Å². The van der Waals surface area contributed by atoms with Crippen molar-refractivity contribution in [2.24, 2.45) is 0 Å². The largest absolute Gasteiger partial charge is 0.496 e. The van der Waals surface area contributed by atoms with Crippen molar-refractivity contribution >= 4 is 40.8 Å². The van der Waals surface area contributed by atoms with Gasteiger partial charge in [-0.05, 0) is 30.3 Å². The number of halogens is 2. The van der Waals surface area contributed by atoms with E-state index in [0.717, 1.165) is 0 Å². The summed E-state index contributed by atoms with van der Waals surface area (Å²) in [6.45, 7) is -0.974. The van der Waals surface area contributed by atoms with Crippen molar-refractivity contribution in [1.29, 1.82) is 0 Å². The summed E-state index contributed by atoms with van der Waals surface area (Å²) in [5, 5.41) is 4.90.